The van der Waals surface area contributed by atoms with Crippen LogP contribution in [0.5, 0.6) is 5.75 Å². The van der Waals surface area contributed by atoms with Gasteiger partial charge in [-0.1, -0.05) is 30.3 Å². The van der Waals surface area contributed by atoms with Crippen LogP contribution in [0, 0.1) is 5.41 Å². The van der Waals surface area contributed by atoms with Crippen LogP contribution in [0.3, 0.4) is 0 Å². The highest BCUT2D eigenvalue weighted by molar-refractivity contribution is 6.05. The average Bonchev–Trinajstić information content (AvgIpc) is 2.87. The second-order valence-electron chi connectivity index (χ2n) is 8.56. The van der Waals surface area contributed by atoms with Gasteiger partial charge in [-0.15, -0.1) is 0 Å². The fourth-order valence-electron chi connectivity index (χ4n) is 3.60. The van der Waals surface area contributed by atoms with Crippen molar-refractivity contribution in [2.45, 2.75) is 12.8 Å². The minimum Gasteiger partial charge on any atom is -0.497 e. The Morgan fingerprint density at radius 1 is 0.943 bits per heavy atom. The molecular weight excluding hydrogens is 438 g/mol. The van der Waals surface area contributed by atoms with E-state index in [4.69, 9.17) is 10.1 Å². The van der Waals surface area contributed by atoms with Gasteiger partial charge in [-0.05, 0) is 81.5 Å². The fraction of sp³-hybridized carbons (Fsp3) is 0.286. The molecule has 0 aliphatic heterocycles. The van der Waals surface area contributed by atoms with E-state index in [-0.39, 0.29) is 11.7 Å². The van der Waals surface area contributed by atoms with Crippen LogP contribution >= 0.6 is 0 Å². The molecule has 0 radical (unpaired) electrons. The van der Waals surface area contributed by atoms with Crippen molar-refractivity contribution in [3.05, 3.63) is 89.5 Å². The predicted octanol–water partition coefficient (Wildman–Crippen LogP) is 4.28. The number of nitrogens with zero attached hydrogens (tertiary/aromatic N) is 1. The molecule has 4 N–H and O–H groups in total. The summed E-state index contributed by atoms with van der Waals surface area (Å²) in [6.45, 7) is 2.13. The summed E-state index contributed by atoms with van der Waals surface area (Å²) in [4.78, 5) is 14.8. The topological polar surface area (TPSA) is 89.5 Å². The van der Waals surface area contributed by atoms with Crippen LogP contribution in [-0.4, -0.2) is 57.5 Å². The maximum Gasteiger partial charge on any atom is 0.251 e. The number of anilines is 2. The van der Waals surface area contributed by atoms with E-state index in [1.54, 1.807) is 19.2 Å². The van der Waals surface area contributed by atoms with Crippen molar-refractivity contribution in [2.75, 3.05) is 46.2 Å². The largest absolute Gasteiger partial charge is 0.497 e. The molecule has 3 rings (SSSR count). The van der Waals surface area contributed by atoms with Gasteiger partial charge in [0.05, 0.1) is 7.11 Å². The highest BCUT2D eigenvalue weighted by atomic mass is 16.5. The lowest BCUT2D eigenvalue weighted by Crippen LogP contribution is -2.29. The van der Waals surface area contributed by atoms with E-state index in [9.17, 15) is 4.79 Å². The number of benzene rings is 3. The van der Waals surface area contributed by atoms with Gasteiger partial charge in [-0.2, -0.15) is 0 Å². The lowest BCUT2D eigenvalue weighted by Gasteiger charge is -2.16. The molecule has 0 saturated carbocycles. The smallest absolute Gasteiger partial charge is 0.251 e. The minimum atomic E-state index is -0.141. The number of amides is 1. The zero-order valence-corrected chi connectivity index (χ0v) is 20.7. The van der Waals surface area contributed by atoms with E-state index in [0.717, 1.165) is 36.5 Å². The van der Waals surface area contributed by atoms with E-state index in [0.29, 0.717) is 24.2 Å². The molecule has 0 aliphatic carbocycles. The first-order chi connectivity index (χ1) is 17.0. The Bertz CT molecular complexity index is 1100. The Morgan fingerprint density at radius 3 is 2.37 bits per heavy atom. The highest BCUT2D eigenvalue weighted by Gasteiger charge is 2.14. The van der Waals surface area contributed by atoms with Crippen LogP contribution in [0.15, 0.2) is 72.8 Å². The molecule has 7 heteroatoms. The van der Waals surface area contributed by atoms with Gasteiger partial charge in [-0.3, -0.25) is 10.2 Å². The van der Waals surface area contributed by atoms with E-state index in [1.165, 1.54) is 5.56 Å². The summed E-state index contributed by atoms with van der Waals surface area (Å²) in [5, 5.41) is 18.3. The molecule has 0 aromatic heterocycles. The molecule has 0 spiro atoms. The van der Waals surface area contributed by atoms with Crippen molar-refractivity contribution in [3.8, 4) is 5.75 Å². The molecule has 0 fully saturated rings. The van der Waals surface area contributed by atoms with Gasteiger partial charge in [0.2, 0.25) is 0 Å². The fourth-order valence-corrected chi connectivity index (χ4v) is 3.60. The van der Waals surface area contributed by atoms with Gasteiger partial charge in [0, 0.05) is 35.6 Å². The summed E-state index contributed by atoms with van der Waals surface area (Å²) < 4.78 is 5.24. The summed E-state index contributed by atoms with van der Waals surface area (Å²) in [5.41, 5.74) is 3.98. The zero-order chi connectivity index (χ0) is 25.0. The molecule has 0 unspecified atom stereocenters. The van der Waals surface area contributed by atoms with Gasteiger partial charge in [-0.25, -0.2) is 0 Å². The normalized spacial score (nSPS) is 10.6. The van der Waals surface area contributed by atoms with Crippen molar-refractivity contribution < 1.29 is 9.53 Å². The van der Waals surface area contributed by atoms with Crippen molar-refractivity contribution in [3.63, 3.8) is 0 Å². The number of nitrogens with one attached hydrogen (secondary N) is 4. The van der Waals surface area contributed by atoms with E-state index in [1.807, 2.05) is 62.6 Å². The van der Waals surface area contributed by atoms with E-state index in [2.05, 4.69) is 33.0 Å². The first-order valence-corrected chi connectivity index (χ1v) is 11.8. The third-order valence-electron chi connectivity index (χ3n) is 5.55. The number of hydrogen-bond acceptors (Lipinski definition) is 5. The highest BCUT2D eigenvalue weighted by Crippen LogP contribution is 2.24. The summed E-state index contributed by atoms with van der Waals surface area (Å²) in [7, 11) is 5.66. The van der Waals surface area contributed by atoms with Gasteiger partial charge >= 0.3 is 0 Å². The Morgan fingerprint density at radius 2 is 1.69 bits per heavy atom. The standard InChI is InChI=1S/C28H35N5O2/c1-33(2)19-7-17-31-28(34)22-10-15-26(32-23-11-13-24(35-3)14-12-23)25(20-22)27(29)30-18-16-21-8-5-4-6-9-21/h4-6,8-15,20,32H,7,16-19H2,1-3H3,(H2,29,30)(H,31,34). The molecule has 0 atom stereocenters. The lowest BCUT2D eigenvalue weighted by molar-refractivity contribution is 0.0952. The van der Waals surface area contributed by atoms with Crippen molar-refractivity contribution >= 4 is 23.1 Å². The summed E-state index contributed by atoms with van der Waals surface area (Å²) in [6.07, 6.45) is 1.68. The van der Waals surface area contributed by atoms with Crippen LogP contribution in [-0.2, 0) is 6.42 Å². The van der Waals surface area contributed by atoms with Gasteiger partial charge < -0.3 is 25.6 Å². The predicted molar refractivity (Wildman–Crippen MR) is 143 cm³/mol. The zero-order valence-electron chi connectivity index (χ0n) is 20.7. The number of amidine groups is 1. The number of carbonyl (C=O) groups is 1. The third kappa shape index (κ3) is 8.15. The molecule has 0 heterocycles. The van der Waals surface area contributed by atoms with Crippen molar-refractivity contribution in [1.82, 2.24) is 15.5 Å². The number of ether oxygens (including phenoxy) is 1. The number of rotatable bonds is 12. The number of methoxy groups -OCH3 is 1. The quantitative estimate of drug-likeness (QED) is 0.179. The SMILES string of the molecule is COc1ccc(Nc2ccc(C(=O)NCCCN(C)C)cc2C(=N)NCCc2ccccc2)cc1. The van der Waals surface area contributed by atoms with Gasteiger partial charge in [0.25, 0.3) is 5.91 Å². The Balaban J connectivity index is 1.74. The monoisotopic (exact) mass is 473 g/mol. The van der Waals surface area contributed by atoms with Gasteiger partial charge in [0.1, 0.15) is 11.6 Å². The van der Waals surface area contributed by atoms with E-state index < -0.39 is 0 Å². The van der Waals surface area contributed by atoms with Crippen LogP contribution in [0.25, 0.3) is 0 Å². The molecule has 7 nitrogen and oxygen atoms in total. The molecule has 3 aromatic rings. The molecule has 3 aromatic carbocycles. The van der Waals surface area contributed by atoms with Crippen LogP contribution in [0.1, 0.15) is 27.9 Å². The third-order valence-corrected chi connectivity index (χ3v) is 5.55. The molecule has 35 heavy (non-hydrogen) atoms. The van der Waals surface area contributed by atoms with Crippen LogP contribution in [0.2, 0.25) is 0 Å². The minimum absolute atomic E-state index is 0.141. The second-order valence-corrected chi connectivity index (χ2v) is 8.56. The average molecular weight is 474 g/mol. The Kier molecular flexibility index (Phi) is 9.69. The summed E-state index contributed by atoms with van der Waals surface area (Å²) in [6, 6.07) is 23.2. The van der Waals surface area contributed by atoms with Crippen LogP contribution in [0.4, 0.5) is 11.4 Å². The molecular formula is C28H35N5O2. The summed E-state index contributed by atoms with van der Waals surface area (Å²) in [5.74, 6) is 0.893. The first kappa shape index (κ1) is 25.8. The number of hydrogen-bond donors (Lipinski definition) is 4. The maximum absolute atomic E-state index is 12.8. The molecule has 1 amide bonds. The summed E-state index contributed by atoms with van der Waals surface area (Å²) >= 11 is 0. The molecule has 184 valence electrons. The molecule has 0 saturated heterocycles. The Labute approximate surface area is 208 Å². The molecule has 0 aliphatic rings. The Hall–Kier alpha value is -3.84. The molecule has 0 bridgehead atoms. The van der Waals surface area contributed by atoms with Gasteiger partial charge in [0.15, 0.2) is 0 Å². The van der Waals surface area contributed by atoms with E-state index >= 15 is 0 Å². The second kappa shape index (κ2) is 13.2. The van der Waals surface area contributed by atoms with Crippen molar-refractivity contribution in [1.29, 1.82) is 5.41 Å². The number of carbonyl (C=O) groups excluding carboxylic acids is 1. The maximum atomic E-state index is 12.8. The van der Waals surface area contributed by atoms with Crippen molar-refractivity contribution in [2.24, 2.45) is 0 Å². The first-order valence-electron chi connectivity index (χ1n) is 11.8. The lowest BCUT2D eigenvalue weighted by atomic mass is 10.1. The van der Waals surface area contributed by atoms with Crippen LogP contribution < -0.4 is 20.7 Å².